The van der Waals surface area contributed by atoms with E-state index in [1.54, 1.807) is 14.0 Å². The minimum Gasteiger partial charge on any atom is -0.391 e. The van der Waals surface area contributed by atoms with E-state index in [9.17, 15) is 8.78 Å². The number of halogens is 2. The van der Waals surface area contributed by atoms with Gasteiger partial charge in [-0.1, -0.05) is 32.4 Å². The summed E-state index contributed by atoms with van der Waals surface area (Å²) in [6, 6.07) is 3.36. The quantitative estimate of drug-likeness (QED) is 0.545. The summed E-state index contributed by atoms with van der Waals surface area (Å²) < 4.78 is 25.0. The topological polar surface area (TPSA) is 24.1 Å². The van der Waals surface area contributed by atoms with E-state index in [1.165, 1.54) is 23.8 Å². The Morgan fingerprint density at radius 2 is 1.80 bits per heavy atom. The number of nitrogens with one attached hydrogen (secondary N) is 2. The summed E-state index contributed by atoms with van der Waals surface area (Å²) in [6.07, 6.45) is 5.38. The van der Waals surface area contributed by atoms with Crippen LogP contribution in [0.25, 0.3) is 0 Å². The lowest BCUT2D eigenvalue weighted by molar-refractivity contribution is 0.150. The summed E-state index contributed by atoms with van der Waals surface area (Å²) in [7, 11) is 3.73. The Balaban J connectivity index is 0.000000463. The molecule has 0 aliphatic carbocycles. The Morgan fingerprint density at radius 1 is 1.16 bits per heavy atom. The largest absolute Gasteiger partial charge is 0.391 e. The molecule has 0 aliphatic rings. The molecule has 0 aromatic heterocycles. The molecule has 25 heavy (non-hydrogen) atoms. The normalized spacial score (nSPS) is 11.9. The molecule has 0 amide bonds. The number of allylic oxidation sites excluding steroid dienone is 4. The number of rotatable bonds is 7. The Morgan fingerprint density at radius 3 is 2.20 bits per heavy atom. The van der Waals surface area contributed by atoms with E-state index < -0.39 is 6.43 Å². The molecule has 0 heterocycles. The van der Waals surface area contributed by atoms with Crippen molar-refractivity contribution in [3.63, 3.8) is 0 Å². The van der Waals surface area contributed by atoms with Crippen molar-refractivity contribution in [3.05, 3.63) is 52.2 Å². The second kappa shape index (κ2) is 12.5. The molecule has 0 bridgehead atoms. The molecular formula is C21H34F2N2. The van der Waals surface area contributed by atoms with Gasteiger partial charge >= 0.3 is 0 Å². The summed E-state index contributed by atoms with van der Waals surface area (Å²) >= 11 is 0. The maximum atomic E-state index is 12.5. The summed E-state index contributed by atoms with van der Waals surface area (Å²) in [4.78, 5) is 0. The van der Waals surface area contributed by atoms with E-state index in [0.717, 1.165) is 24.1 Å². The molecule has 2 nitrogen and oxygen atoms in total. The first kappa shape index (κ1) is 23.2. The van der Waals surface area contributed by atoms with Crippen LogP contribution in [0.3, 0.4) is 0 Å². The SMILES string of the molecule is C/C=C\C(CC)=C(\CCC)NC.CNc1cc(C)c(C)c(C(F)F)c1. The summed E-state index contributed by atoms with van der Waals surface area (Å²) in [5.74, 6) is 0. The predicted octanol–water partition coefficient (Wildman–Crippen LogP) is 6.53. The molecule has 0 saturated carbocycles. The molecule has 1 aromatic carbocycles. The van der Waals surface area contributed by atoms with Crippen LogP contribution in [-0.2, 0) is 0 Å². The van der Waals surface area contributed by atoms with Crippen molar-refractivity contribution in [2.75, 3.05) is 19.4 Å². The second-order valence-electron chi connectivity index (χ2n) is 5.92. The van der Waals surface area contributed by atoms with Crippen LogP contribution >= 0.6 is 0 Å². The van der Waals surface area contributed by atoms with Crippen molar-refractivity contribution in [2.45, 2.75) is 60.3 Å². The fraction of sp³-hybridized carbons (Fsp3) is 0.524. The van der Waals surface area contributed by atoms with Crippen LogP contribution in [0, 0.1) is 13.8 Å². The predicted molar refractivity (Wildman–Crippen MR) is 107 cm³/mol. The number of benzene rings is 1. The molecule has 0 saturated heterocycles. The van der Waals surface area contributed by atoms with E-state index in [1.807, 2.05) is 20.0 Å². The van der Waals surface area contributed by atoms with Gasteiger partial charge in [0.2, 0.25) is 0 Å². The molecule has 4 heteroatoms. The highest BCUT2D eigenvalue weighted by molar-refractivity contribution is 5.52. The molecule has 142 valence electrons. The summed E-state index contributed by atoms with van der Waals surface area (Å²) in [6.45, 7) is 10.0. The van der Waals surface area contributed by atoms with Crippen LogP contribution < -0.4 is 10.6 Å². The van der Waals surface area contributed by atoms with Gasteiger partial charge in [0, 0.05) is 31.0 Å². The average Bonchev–Trinajstić information content (AvgIpc) is 2.60. The maximum Gasteiger partial charge on any atom is 0.264 e. The first-order valence-electron chi connectivity index (χ1n) is 8.95. The smallest absolute Gasteiger partial charge is 0.264 e. The number of aryl methyl sites for hydroxylation is 1. The standard InChI is InChI=1S/C11H21N.C10H13F2N/c1-5-8-10(7-3)11(12-4)9-6-2;1-6-4-8(13-3)5-9(7(6)2)10(11)12/h5,8,12H,6-7,9H2,1-4H3;4-5,10,13H,1-3H3/b8-5-,11-10-;. The van der Waals surface area contributed by atoms with Gasteiger partial charge in [-0.3, -0.25) is 0 Å². The molecule has 0 spiro atoms. The maximum absolute atomic E-state index is 12.5. The van der Waals surface area contributed by atoms with Crippen molar-refractivity contribution in [1.29, 1.82) is 0 Å². The molecule has 0 unspecified atom stereocenters. The van der Waals surface area contributed by atoms with Gasteiger partial charge in [0.15, 0.2) is 0 Å². The van der Waals surface area contributed by atoms with Gasteiger partial charge < -0.3 is 10.6 Å². The van der Waals surface area contributed by atoms with Gasteiger partial charge in [0.1, 0.15) is 0 Å². The highest BCUT2D eigenvalue weighted by Gasteiger charge is 2.12. The van der Waals surface area contributed by atoms with Crippen molar-refractivity contribution in [1.82, 2.24) is 5.32 Å². The van der Waals surface area contributed by atoms with Crippen LogP contribution in [0.15, 0.2) is 35.6 Å². The van der Waals surface area contributed by atoms with Crippen molar-refractivity contribution < 1.29 is 8.78 Å². The highest BCUT2D eigenvalue weighted by Crippen LogP contribution is 2.27. The molecule has 0 atom stereocenters. The van der Waals surface area contributed by atoms with Gasteiger partial charge in [-0.05, 0) is 62.4 Å². The van der Waals surface area contributed by atoms with Gasteiger partial charge in [0.05, 0.1) is 0 Å². The van der Waals surface area contributed by atoms with Crippen LogP contribution in [0.2, 0.25) is 0 Å². The number of anilines is 1. The fourth-order valence-electron chi connectivity index (χ4n) is 2.59. The second-order valence-corrected chi connectivity index (χ2v) is 5.92. The minimum absolute atomic E-state index is 0.115. The first-order valence-corrected chi connectivity index (χ1v) is 8.95. The van der Waals surface area contributed by atoms with Crippen molar-refractivity contribution in [2.24, 2.45) is 0 Å². The number of hydrogen-bond donors (Lipinski definition) is 2. The lowest BCUT2D eigenvalue weighted by atomic mass is 10.0. The van der Waals surface area contributed by atoms with Crippen molar-refractivity contribution in [3.8, 4) is 0 Å². The lowest BCUT2D eigenvalue weighted by Gasteiger charge is -2.10. The zero-order valence-corrected chi connectivity index (χ0v) is 16.8. The molecule has 0 fully saturated rings. The van der Waals surface area contributed by atoms with Crippen LogP contribution in [0.5, 0.6) is 0 Å². The Labute approximate surface area is 152 Å². The number of hydrogen-bond acceptors (Lipinski definition) is 2. The molecule has 1 rings (SSSR count). The molecule has 1 aromatic rings. The van der Waals surface area contributed by atoms with Crippen molar-refractivity contribution >= 4 is 5.69 Å². The third-order valence-corrected chi connectivity index (χ3v) is 4.17. The van der Waals surface area contributed by atoms with E-state index in [-0.39, 0.29) is 5.56 Å². The Kier molecular flexibility index (Phi) is 11.6. The molecule has 2 N–H and O–H groups in total. The minimum atomic E-state index is -2.40. The van der Waals surface area contributed by atoms with Crippen LogP contribution in [0.1, 0.15) is 63.1 Å². The van der Waals surface area contributed by atoms with E-state index in [4.69, 9.17) is 0 Å². The monoisotopic (exact) mass is 352 g/mol. The van der Waals surface area contributed by atoms with Gasteiger partial charge in [-0.15, -0.1) is 0 Å². The average molecular weight is 353 g/mol. The van der Waals surface area contributed by atoms with Crippen LogP contribution in [0.4, 0.5) is 14.5 Å². The first-order chi connectivity index (χ1) is 11.9. The zero-order chi connectivity index (χ0) is 19.4. The molecule has 0 radical (unpaired) electrons. The fourth-order valence-corrected chi connectivity index (χ4v) is 2.59. The van der Waals surface area contributed by atoms with Gasteiger partial charge in [0.25, 0.3) is 6.43 Å². The van der Waals surface area contributed by atoms with Crippen LogP contribution in [-0.4, -0.2) is 14.1 Å². The Bertz CT molecular complexity index is 576. The lowest BCUT2D eigenvalue weighted by Crippen LogP contribution is -2.08. The zero-order valence-electron chi connectivity index (χ0n) is 16.8. The highest BCUT2D eigenvalue weighted by atomic mass is 19.3. The van der Waals surface area contributed by atoms with E-state index in [0.29, 0.717) is 5.56 Å². The van der Waals surface area contributed by atoms with Gasteiger partial charge in [-0.2, -0.15) is 0 Å². The number of alkyl halides is 2. The van der Waals surface area contributed by atoms with E-state index in [2.05, 4.69) is 43.6 Å². The van der Waals surface area contributed by atoms with E-state index >= 15 is 0 Å². The van der Waals surface area contributed by atoms with Gasteiger partial charge in [-0.25, -0.2) is 8.78 Å². The third-order valence-electron chi connectivity index (χ3n) is 4.17. The molecule has 0 aliphatic heterocycles. The third kappa shape index (κ3) is 7.72. The Hall–Kier alpha value is -1.84. The summed E-state index contributed by atoms with van der Waals surface area (Å²) in [5.41, 5.74) is 5.24. The molecular weight excluding hydrogens is 318 g/mol. The summed E-state index contributed by atoms with van der Waals surface area (Å²) in [5, 5.41) is 6.12.